The van der Waals surface area contributed by atoms with Crippen LogP contribution in [0.1, 0.15) is 11.1 Å². The molecule has 0 amide bonds. The summed E-state index contributed by atoms with van der Waals surface area (Å²) in [7, 11) is 0. The van der Waals surface area contributed by atoms with Crippen molar-refractivity contribution >= 4 is 5.84 Å². The van der Waals surface area contributed by atoms with Crippen LogP contribution in [0.4, 0.5) is 0 Å². The monoisotopic (exact) mass is 235 g/mol. The van der Waals surface area contributed by atoms with E-state index in [0.717, 1.165) is 44.0 Å². The van der Waals surface area contributed by atoms with Crippen LogP contribution in [0.5, 0.6) is 0 Å². The summed E-state index contributed by atoms with van der Waals surface area (Å²) >= 11 is 0. The highest BCUT2D eigenvalue weighted by atomic mass is 16.5. The number of nitrogens with two attached hydrogens (primary N) is 1. The van der Waals surface area contributed by atoms with E-state index >= 15 is 0 Å². The molecule has 1 aliphatic heterocycles. The van der Waals surface area contributed by atoms with E-state index in [-0.39, 0.29) is 5.84 Å². The Morgan fingerprint density at radius 1 is 1.41 bits per heavy atom. The number of ether oxygens (including phenoxy) is 1. The molecule has 0 aliphatic carbocycles. The molecular formula is C12H17N3O2. The third-order valence-electron chi connectivity index (χ3n) is 2.84. The smallest absolute Gasteiger partial charge is 0.170 e. The summed E-state index contributed by atoms with van der Waals surface area (Å²) in [6.45, 7) is 4.36. The molecule has 1 heterocycles. The molecule has 1 aromatic rings. The van der Waals surface area contributed by atoms with Gasteiger partial charge in [-0.3, -0.25) is 4.90 Å². The molecule has 0 aromatic heterocycles. The molecule has 0 atom stereocenters. The minimum absolute atomic E-state index is 0.147. The summed E-state index contributed by atoms with van der Waals surface area (Å²) in [5.41, 5.74) is 7.47. The van der Waals surface area contributed by atoms with Gasteiger partial charge < -0.3 is 15.7 Å². The predicted octanol–water partition coefficient (Wildman–Crippen LogP) is 0.613. The number of amidine groups is 1. The molecule has 2 rings (SSSR count). The Bertz CT molecular complexity index is 400. The fraction of sp³-hybridized carbons (Fsp3) is 0.417. The van der Waals surface area contributed by atoms with E-state index in [1.54, 1.807) is 0 Å². The van der Waals surface area contributed by atoms with Gasteiger partial charge >= 0.3 is 0 Å². The van der Waals surface area contributed by atoms with Crippen molar-refractivity contribution in [1.29, 1.82) is 0 Å². The van der Waals surface area contributed by atoms with E-state index in [0.29, 0.717) is 0 Å². The van der Waals surface area contributed by atoms with Crippen LogP contribution >= 0.6 is 0 Å². The minimum atomic E-state index is 0.147. The molecule has 0 bridgehead atoms. The summed E-state index contributed by atoms with van der Waals surface area (Å²) in [5.74, 6) is 0.147. The molecule has 17 heavy (non-hydrogen) atoms. The lowest BCUT2D eigenvalue weighted by molar-refractivity contribution is 0.0342. The first-order valence-electron chi connectivity index (χ1n) is 5.66. The largest absolute Gasteiger partial charge is 0.409 e. The Morgan fingerprint density at radius 3 is 2.88 bits per heavy atom. The summed E-state index contributed by atoms with van der Waals surface area (Å²) in [5, 5.41) is 11.6. The molecule has 0 saturated carbocycles. The second kappa shape index (κ2) is 5.65. The van der Waals surface area contributed by atoms with Crippen LogP contribution in [0, 0.1) is 0 Å². The molecule has 0 radical (unpaired) electrons. The van der Waals surface area contributed by atoms with Gasteiger partial charge in [0, 0.05) is 25.2 Å². The Labute approximate surface area is 100 Å². The summed E-state index contributed by atoms with van der Waals surface area (Å²) in [6, 6.07) is 7.75. The zero-order valence-corrected chi connectivity index (χ0v) is 9.67. The van der Waals surface area contributed by atoms with Gasteiger partial charge in [-0.1, -0.05) is 23.4 Å². The van der Waals surface area contributed by atoms with Gasteiger partial charge in [0.1, 0.15) is 0 Å². The SMILES string of the molecule is NC(=NO)c1cccc(CN2CCOCC2)c1. The topological polar surface area (TPSA) is 71.1 Å². The second-order valence-corrected chi connectivity index (χ2v) is 4.07. The molecule has 1 fully saturated rings. The fourth-order valence-corrected chi connectivity index (χ4v) is 1.90. The van der Waals surface area contributed by atoms with E-state index in [1.165, 1.54) is 0 Å². The lowest BCUT2D eigenvalue weighted by Crippen LogP contribution is -2.35. The lowest BCUT2D eigenvalue weighted by Gasteiger charge is -2.26. The van der Waals surface area contributed by atoms with E-state index in [9.17, 15) is 0 Å². The first kappa shape index (κ1) is 11.9. The third-order valence-corrected chi connectivity index (χ3v) is 2.84. The van der Waals surface area contributed by atoms with Crippen LogP contribution in [-0.4, -0.2) is 42.2 Å². The van der Waals surface area contributed by atoms with Gasteiger partial charge in [-0.2, -0.15) is 0 Å². The Morgan fingerprint density at radius 2 is 2.18 bits per heavy atom. The number of morpholine rings is 1. The van der Waals surface area contributed by atoms with E-state index < -0.39 is 0 Å². The summed E-state index contributed by atoms with van der Waals surface area (Å²) < 4.78 is 5.30. The number of hydrogen-bond acceptors (Lipinski definition) is 4. The maximum Gasteiger partial charge on any atom is 0.170 e. The molecule has 1 saturated heterocycles. The quantitative estimate of drug-likeness (QED) is 0.348. The molecule has 0 unspecified atom stereocenters. The van der Waals surface area contributed by atoms with Crippen molar-refractivity contribution < 1.29 is 9.94 Å². The van der Waals surface area contributed by atoms with Gasteiger partial charge in [-0.25, -0.2) is 0 Å². The molecule has 0 spiro atoms. The standard InChI is InChI=1S/C12H17N3O2/c13-12(14-16)11-3-1-2-10(8-11)9-15-4-6-17-7-5-15/h1-3,8,16H,4-7,9H2,(H2,13,14). The van der Waals surface area contributed by atoms with Gasteiger partial charge in [0.15, 0.2) is 5.84 Å². The maximum atomic E-state index is 8.64. The lowest BCUT2D eigenvalue weighted by atomic mass is 10.1. The van der Waals surface area contributed by atoms with Gasteiger partial charge in [-0.05, 0) is 11.6 Å². The summed E-state index contributed by atoms with van der Waals surface area (Å²) in [4.78, 5) is 2.33. The Kier molecular flexibility index (Phi) is 3.95. The average Bonchev–Trinajstić information content (AvgIpc) is 2.39. The fourth-order valence-electron chi connectivity index (χ4n) is 1.90. The van der Waals surface area contributed by atoms with Crippen molar-refractivity contribution in [2.75, 3.05) is 26.3 Å². The van der Waals surface area contributed by atoms with Crippen molar-refractivity contribution in [2.45, 2.75) is 6.54 Å². The molecule has 1 aromatic carbocycles. The maximum absolute atomic E-state index is 8.64. The van der Waals surface area contributed by atoms with Gasteiger partial charge in [0.2, 0.25) is 0 Å². The van der Waals surface area contributed by atoms with Crippen LogP contribution in [0.25, 0.3) is 0 Å². The van der Waals surface area contributed by atoms with Crippen molar-refractivity contribution in [1.82, 2.24) is 4.90 Å². The Balaban J connectivity index is 2.05. The first-order valence-corrected chi connectivity index (χ1v) is 5.66. The second-order valence-electron chi connectivity index (χ2n) is 4.07. The predicted molar refractivity (Wildman–Crippen MR) is 65.0 cm³/mol. The van der Waals surface area contributed by atoms with Crippen LogP contribution in [0.15, 0.2) is 29.4 Å². The third kappa shape index (κ3) is 3.18. The van der Waals surface area contributed by atoms with Crippen LogP contribution in [0.2, 0.25) is 0 Å². The highest BCUT2D eigenvalue weighted by molar-refractivity contribution is 5.97. The highest BCUT2D eigenvalue weighted by Crippen LogP contribution is 2.09. The van der Waals surface area contributed by atoms with Crippen molar-refractivity contribution in [3.63, 3.8) is 0 Å². The number of benzene rings is 1. The van der Waals surface area contributed by atoms with Crippen LogP contribution in [-0.2, 0) is 11.3 Å². The van der Waals surface area contributed by atoms with E-state index in [1.807, 2.05) is 24.3 Å². The summed E-state index contributed by atoms with van der Waals surface area (Å²) in [6.07, 6.45) is 0. The van der Waals surface area contributed by atoms with Crippen molar-refractivity contribution in [3.05, 3.63) is 35.4 Å². The normalized spacial score (nSPS) is 18.2. The van der Waals surface area contributed by atoms with Crippen molar-refractivity contribution in [3.8, 4) is 0 Å². The van der Waals surface area contributed by atoms with Gasteiger partial charge in [0.05, 0.1) is 13.2 Å². The van der Waals surface area contributed by atoms with Gasteiger partial charge in [-0.15, -0.1) is 0 Å². The van der Waals surface area contributed by atoms with Crippen LogP contribution in [0.3, 0.4) is 0 Å². The molecule has 3 N–H and O–H groups in total. The number of nitrogens with zero attached hydrogens (tertiary/aromatic N) is 2. The average molecular weight is 235 g/mol. The molecular weight excluding hydrogens is 218 g/mol. The molecule has 92 valence electrons. The number of rotatable bonds is 3. The van der Waals surface area contributed by atoms with E-state index in [2.05, 4.69) is 10.1 Å². The Hall–Kier alpha value is -1.59. The molecule has 1 aliphatic rings. The van der Waals surface area contributed by atoms with E-state index in [4.69, 9.17) is 15.7 Å². The van der Waals surface area contributed by atoms with Crippen LogP contribution < -0.4 is 5.73 Å². The number of oxime groups is 1. The van der Waals surface area contributed by atoms with Gasteiger partial charge in [0.25, 0.3) is 0 Å². The van der Waals surface area contributed by atoms with Crippen molar-refractivity contribution in [2.24, 2.45) is 10.9 Å². The molecule has 5 nitrogen and oxygen atoms in total. The zero-order chi connectivity index (χ0) is 12.1. The zero-order valence-electron chi connectivity index (χ0n) is 9.67. The number of hydrogen-bond donors (Lipinski definition) is 2. The first-order chi connectivity index (χ1) is 8.29. The molecule has 5 heteroatoms. The highest BCUT2D eigenvalue weighted by Gasteiger charge is 2.11. The minimum Gasteiger partial charge on any atom is -0.409 e.